The van der Waals surface area contributed by atoms with E-state index in [4.69, 9.17) is 0 Å². The van der Waals surface area contributed by atoms with Crippen molar-refractivity contribution in [1.29, 1.82) is 0 Å². The molecule has 0 aliphatic rings. The molecule has 0 bridgehead atoms. The molecule has 0 atom stereocenters. The number of rotatable bonds is 2. The molecule has 6 nitrogen and oxygen atoms in total. The van der Waals surface area contributed by atoms with Gasteiger partial charge in [-0.05, 0) is 34.1 Å². The first-order valence-corrected chi connectivity index (χ1v) is 6.23. The van der Waals surface area contributed by atoms with Gasteiger partial charge in [0, 0.05) is 23.1 Å². The summed E-state index contributed by atoms with van der Waals surface area (Å²) in [6.45, 7) is 0. The Kier molecular flexibility index (Phi) is 2.96. The number of nitrogens with one attached hydrogen (secondary N) is 1. The summed E-state index contributed by atoms with van der Waals surface area (Å²) in [4.78, 5) is 16.0. The van der Waals surface area contributed by atoms with E-state index in [0.29, 0.717) is 11.3 Å². The molecule has 94 valence electrons. The van der Waals surface area contributed by atoms with E-state index in [0.717, 1.165) is 10.1 Å². The van der Waals surface area contributed by atoms with Crippen molar-refractivity contribution in [3.05, 3.63) is 53.2 Å². The topological polar surface area (TPSA) is 72.2 Å². The number of amides is 1. The molecule has 3 aromatic heterocycles. The Bertz CT molecular complexity index is 754. The van der Waals surface area contributed by atoms with E-state index in [-0.39, 0.29) is 5.91 Å². The van der Waals surface area contributed by atoms with E-state index >= 15 is 0 Å². The summed E-state index contributed by atoms with van der Waals surface area (Å²) in [5, 5.41) is 10.5. The molecule has 7 heteroatoms. The molecule has 19 heavy (non-hydrogen) atoms. The fourth-order valence-electron chi connectivity index (χ4n) is 1.64. The third-order valence-corrected chi connectivity index (χ3v) is 2.95. The molecule has 0 radical (unpaired) electrons. The number of pyridine rings is 2. The average molecular weight is 318 g/mol. The second-order valence-corrected chi connectivity index (χ2v) is 4.78. The SMILES string of the molecule is O=C(Nc1ccc2nncn2c1)c1cncc(Br)c1. The molecule has 0 unspecified atom stereocenters. The second kappa shape index (κ2) is 4.77. The number of nitrogens with zero attached hydrogens (tertiary/aromatic N) is 4. The molecule has 0 saturated carbocycles. The number of aromatic nitrogens is 4. The van der Waals surface area contributed by atoms with Gasteiger partial charge in [-0.25, -0.2) is 0 Å². The predicted octanol–water partition coefficient (Wildman–Crippen LogP) is 2.14. The zero-order valence-electron chi connectivity index (χ0n) is 9.62. The lowest BCUT2D eigenvalue weighted by atomic mass is 10.2. The van der Waals surface area contributed by atoms with E-state index in [1.807, 2.05) is 0 Å². The van der Waals surface area contributed by atoms with Gasteiger partial charge in [0.05, 0.1) is 11.3 Å². The van der Waals surface area contributed by atoms with Gasteiger partial charge in [0.1, 0.15) is 6.33 Å². The Labute approximate surface area is 116 Å². The third-order valence-electron chi connectivity index (χ3n) is 2.52. The lowest BCUT2D eigenvalue weighted by Gasteiger charge is -2.05. The summed E-state index contributed by atoms with van der Waals surface area (Å²) >= 11 is 3.28. The lowest BCUT2D eigenvalue weighted by Crippen LogP contribution is -2.12. The quantitative estimate of drug-likeness (QED) is 0.786. The molecule has 3 aromatic rings. The van der Waals surface area contributed by atoms with E-state index < -0.39 is 0 Å². The highest BCUT2D eigenvalue weighted by Crippen LogP contribution is 2.13. The number of fused-ring (bicyclic) bond motifs is 1. The number of carbonyl (C=O) groups is 1. The molecular weight excluding hydrogens is 310 g/mol. The number of carbonyl (C=O) groups excluding carboxylic acids is 1. The van der Waals surface area contributed by atoms with Crippen LogP contribution >= 0.6 is 15.9 Å². The van der Waals surface area contributed by atoms with Crippen LogP contribution in [0.5, 0.6) is 0 Å². The first kappa shape index (κ1) is 11.8. The van der Waals surface area contributed by atoms with Gasteiger partial charge in [-0.2, -0.15) is 0 Å². The van der Waals surface area contributed by atoms with Gasteiger partial charge in [0.15, 0.2) is 5.65 Å². The molecule has 1 amide bonds. The Morgan fingerprint density at radius 2 is 2.21 bits per heavy atom. The van der Waals surface area contributed by atoms with E-state index in [1.54, 1.807) is 41.3 Å². The van der Waals surface area contributed by atoms with Gasteiger partial charge in [0.2, 0.25) is 0 Å². The van der Waals surface area contributed by atoms with Crippen LogP contribution in [0.3, 0.4) is 0 Å². The van der Waals surface area contributed by atoms with Gasteiger partial charge in [-0.15, -0.1) is 10.2 Å². The highest BCUT2D eigenvalue weighted by Gasteiger charge is 2.07. The maximum atomic E-state index is 12.0. The van der Waals surface area contributed by atoms with Gasteiger partial charge in [0.25, 0.3) is 5.91 Å². The van der Waals surface area contributed by atoms with Crippen LogP contribution < -0.4 is 5.32 Å². The monoisotopic (exact) mass is 317 g/mol. The second-order valence-electron chi connectivity index (χ2n) is 3.86. The highest BCUT2D eigenvalue weighted by atomic mass is 79.9. The molecular formula is C12H8BrN5O. The Balaban J connectivity index is 1.86. The van der Waals surface area contributed by atoms with Crippen LogP contribution in [0.4, 0.5) is 5.69 Å². The molecule has 0 aromatic carbocycles. The molecule has 3 rings (SSSR count). The zero-order chi connectivity index (χ0) is 13.2. The van der Waals surface area contributed by atoms with Crippen molar-refractivity contribution in [3.63, 3.8) is 0 Å². The van der Waals surface area contributed by atoms with Crippen molar-refractivity contribution >= 4 is 33.2 Å². The zero-order valence-corrected chi connectivity index (χ0v) is 11.2. The van der Waals surface area contributed by atoms with Gasteiger partial charge in [-0.3, -0.25) is 14.2 Å². The first-order valence-electron chi connectivity index (χ1n) is 5.44. The van der Waals surface area contributed by atoms with Crippen LogP contribution in [0.15, 0.2) is 47.6 Å². The van der Waals surface area contributed by atoms with Gasteiger partial charge < -0.3 is 5.32 Å². The van der Waals surface area contributed by atoms with E-state index in [9.17, 15) is 4.79 Å². The fraction of sp³-hybridized carbons (Fsp3) is 0. The molecule has 3 heterocycles. The molecule has 0 aliphatic carbocycles. The Morgan fingerprint density at radius 1 is 1.32 bits per heavy atom. The van der Waals surface area contributed by atoms with Crippen molar-refractivity contribution in [2.45, 2.75) is 0 Å². The first-order chi connectivity index (χ1) is 9.22. The summed E-state index contributed by atoms with van der Waals surface area (Å²) in [5.74, 6) is -0.221. The van der Waals surface area contributed by atoms with Crippen molar-refractivity contribution in [1.82, 2.24) is 19.6 Å². The van der Waals surface area contributed by atoms with Crippen LogP contribution in [-0.4, -0.2) is 25.5 Å². The summed E-state index contributed by atoms with van der Waals surface area (Å²) in [5.41, 5.74) is 1.87. The van der Waals surface area contributed by atoms with Crippen molar-refractivity contribution < 1.29 is 4.79 Å². The molecule has 1 N–H and O–H groups in total. The summed E-state index contributed by atoms with van der Waals surface area (Å²) < 4.78 is 2.49. The van der Waals surface area contributed by atoms with Gasteiger partial charge >= 0.3 is 0 Å². The number of anilines is 1. The largest absolute Gasteiger partial charge is 0.321 e. The van der Waals surface area contributed by atoms with Gasteiger partial charge in [-0.1, -0.05) is 0 Å². The van der Waals surface area contributed by atoms with E-state index in [1.165, 1.54) is 6.20 Å². The van der Waals surface area contributed by atoms with Crippen LogP contribution in [0.1, 0.15) is 10.4 Å². The fourth-order valence-corrected chi connectivity index (χ4v) is 2.01. The molecule has 0 fully saturated rings. The number of halogens is 1. The van der Waals surface area contributed by atoms with Crippen LogP contribution in [0.25, 0.3) is 5.65 Å². The lowest BCUT2D eigenvalue weighted by molar-refractivity contribution is 0.102. The minimum absolute atomic E-state index is 0.221. The summed E-state index contributed by atoms with van der Waals surface area (Å²) in [6.07, 6.45) is 6.46. The number of hydrogen-bond donors (Lipinski definition) is 1. The molecule has 0 spiro atoms. The standard InChI is InChI=1S/C12H8BrN5O/c13-9-3-8(4-14-5-9)12(19)16-10-1-2-11-17-15-7-18(11)6-10/h1-7H,(H,16,19). The minimum Gasteiger partial charge on any atom is -0.321 e. The summed E-state index contributed by atoms with van der Waals surface area (Å²) in [6, 6.07) is 5.26. The van der Waals surface area contributed by atoms with Crippen molar-refractivity contribution in [2.75, 3.05) is 5.32 Å². The Morgan fingerprint density at radius 3 is 3.05 bits per heavy atom. The minimum atomic E-state index is -0.221. The summed E-state index contributed by atoms with van der Waals surface area (Å²) in [7, 11) is 0. The molecule has 0 saturated heterocycles. The normalized spacial score (nSPS) is 10.6. The maximum Gasteiger partial charge on any atom is 0.257 e. The van der Waals surface area contributed by atoms with Crippen molar-refractivity contribution in [2.24, 2.45) is 0 Å². The smallest absolute Gasteiger partial charge is 0.257 e. The average Bonchev–Trinajstić information content (AvgIpc) is 2.86. The highest BCUT2D eigenvalue weighted by molar-refractivity contribution is 9.10. The number of hydrogen-bond acceptors (Lipinski definition) is 4. The Hall–Kier alpha value is -2.28. The van der Waals surface area contributed by atoms with Crippen LogP contribution in [0, 0.1) is 0 Å². The maximum absolute atomic E-state index is 12.0. The van der Waals surface area contributed by atoms with Crippen LogP contribution in [-0.2, 0) is 0 Å². The van der Waals surface area contributed by atoms with Crippen LogP contribution in [0.2, 0.25) is 0 Å². The predicted molar refractivity (Wildman–Crippen MR) is 72.9 cm³/mol. The van der Waals surface area contributed by atoms with E-state index in [2.05, 4.69) is 36.4 Å². The third kappa shape index (κ3) is 2.45. The van der Waals surface area contributed by atoms with Crippen molar-refractivity contribution in [3.8, 4) is 0 Å². The molecule has 0 aliphatic heterocycles.